The summed E-state index contributed by atoms with van der Waals surface area (Å²) in [6, 6.07) is 22.6. The van der Waals surface area contributed by atoms with Gasteiger partial charge < -0.3 is 14.2 Å². The van der Waals surface area contributed by atoms with Crippen molar-refractivity contribution in [2.45, 2.75) is 39.7 Å². The van der Waals surface area contributed by atoms with Gasteiger partial charge in [-0.1, -0.05) is 36.4 Å². The number of ether oxygens (including phenoxy) is 1. The van der Waals surface area contributed by atoms with E-state index in [1.807, 2.05) is 35.2 Å². The summed E-state index contributed by atoms with van der Waals surface area (Å²) < 4.78 is 8.39. The topological polar surface area (TPSA) is 47.4 Å². The first-order chi connectivity index (χ1) is 16.0. The molecule has 1 aliphatic heterocycles. The van der Waals surface area contributed by atoms with Gasteiger partial charge in [0.1, 0.15) is 18.2 Å². The molecule has 0 N–H and O–H groups in total. The zero-order valence-electron chi connectivity index (χ0n) is 19.4. The third kappa shape index (κ3) is 4.23. The first-order valence-electron chi connectivity index (χ1n) is 11.5. The lowest BCUT2D eigenvalue weighted by molar-refractivity contribution is -0.117. The van der Waals surface area contributed by atoms with E-state index in [9.17, 15) is 4.79 Å². The van der Waals surface area contributed by atoms with Crippen LogP contribution in [0.2, 0.25) is 0 Å². The number of carbonyl (C=O) groups is 1. The van der Waals surface area contributed by atoms with E-state index in [-0.39, 0.29) is 11.8 Å². The van der Waals surface area contributed by atoms with Gasteiger partial charge in [-0.3, -0.25) is 4.79 Å². The van der Waals surface area contributed by atoms with Gasteiger partial charge in [0.15, 0.2) is 0 Å². The third-order valence-electron chi connectivity index (χ3n) is 6.40. The molecule has 1 saturated heterocycles. The largest absolute Gasteiger partial charge is 0.491 e. The molecule has 1 fully saturated rings. The van der Waals surface area contributed by atoms with E-state index >= 15 is 0 Å². The highest BCUT2D eigenvalue weighted by Crippen LogP contribution is 2.33. The first kappa shape index (κ1) is 21.3. The van der Waals surface area contributed by atoms with E-state index in [1.165, 1.54) is 5.56 Å². The molecule has 0 unspecified atom stereocenters. The lowest BCUT2D eigenvalue weighted by Crippen LogP contribution is -2.24. The molecule has 33 heavy (non-hydrogen) atoms. The Morgan fingerprint density at radius 2 is 1.79 bits per heavy atom. The minimum atomic E-state index is 0.0473. The van der Waals surface area contributed by atoms with Gasteiger partial charge in [-0.15, -0.1) is 0 Å². The molecule has 0 aliphatic carbocycles. The van der Waals surface area contributed by atoms with Crippen LogP contribution in [0.1, 0.15) is 34.9 Å². The molecule has 1 aromatic heterocycles. The van der Waals surface area contributed by atoms with E-state index in [1.54, 1.807) is 0 Å². The fraction of sp³-hybridized carbons (Fsp3) is 0.286. The highest BCUT2D eigenvalue weighted by Gasteiger charge is 2.34. The molecule has 0 saturated carbocycles. The minimum Gasteiger partial charge on any atom is -0.491 e. The molecule has 0 spiro atoms. The lowest BCUT2D eigenvalue weighted by Gasteiger charge is -2.18. The van der Waals surface area contributed by atoms with Crippen LogP contribution >= 0.6 is 0 Å². The van der Waals surface area contributed by atoms with Gasteiger partial charge in [0.2, 0.25) is 5.91 Å². The number of benzene rings is 3. The molecule has 168 valence electrons. The molecule has 5 rings (SSSR count). The summed E-state index contributed by atoms with van der Waals surface area (Å²) in [7, 11) is 0. The van der Waals surface area contributed by atoms with Crippen LogP contribution in [-0.2, 0) is 11.3 Å². The zero-order chi connectivity index (χ0) is 22.9. The summed E-state index contributed by atoms with van der Waals surface area (Å²) in [5.74, 6) is 2.08. The number of amides is 1. The second kappa shape index (κ2) is 8.74. The Hall–Kier alpha value is -3.60. The number of hydrogen-bond acceptors (Lipinski definition) is 3. The second-order valence-electron chi connectivity index (χ2n) is 8.97. The highest BCUT2D eigenvalue weighted by atomic mass is 16.5. The van der Waals surface area contributed by atoms with Crippen molar-refractivity contribution in [3.63, 3.8) is 0 Å². The Labute approximate surface area is 194 Å². The van der Waals surface area contributed by atoms with Crippen LogP contribution < -0.4 is 9.64 Å². The van der Waals surface area contributed by atoms with Gasteiger partial charge in [0, 0.05) is 24.6 Å². The van der Waals surface area contributed by atoms with E-state index in [0.29, 0.717) is 26.1 Å². The summed E-state index contributed by atoms with van der Waals surface area (Å²) in [5.41, 5.74) is 6.47. The van der Waals surface area contributed by atoms with Crippen LogP contribution in [0.5, 0.6) is 5.75 Å². The maximum absolute atomic E-state index is 12.9. The molecule has 0 bridgehead atoms. The van der Waals surface area contributed by atoms with Gasteiger partial charge in [0.25, 0.3) is 0 Å². The normalized spacial score (nSPS) is 16.0. The Kier molecular flexibility index (Phi) is 5.63. The molecule has 0 radical (unpaired) electrons. The average molecular weight is 440 g/mol. The second-order valence-corrected chi connectivity index (χ2v) is 8.97. The number of aromatic nitrogens is 2. The highest BCUT2D eigenvalue weighted by molar-refractivity contribution is 5.96. The number of nitrogens with zero attached hydrogens (tertiary/aromatic N) is 3. The lowest BCUT2D eigenvalue weighted by atomic mass is 10.1. The molecule has 5 heteroatoms. The fourth-order valence-electron chi connectivity index (χ4n) is 4.68. The summed E-state index contributed by atoms with van der Waals surface area (Å²) >= 11 is 0. The van der Waals surface area contributed by atoms with Crippen molar-refractivity contribution in [1.82, 2.24) is 9.55 Å². The number of fused-ring (bicyclic) bond motifs is 1. The zero-order valence-corrected chi connectivity index (χ0v) is 19.4. The van der Waals surface area contributed by atoms with Gasteiger partial charge in [-0.25, -0.2) is 4.98 Å². The van der Waals surface area contributed by atoms with Crippen LogP contribution in [0, 0.1) is 20.8 Å². The molecule has 4 aromatic rings. The smallest absolute Gasteiger partial charge is 0.227 e. The fourth-order valence-corrected chi connectivity index (χ4v) is 4.68. The Balaban J connectivity index is 1.41. The molecular formula is C28H29N3O2. The predicted octanol–water partition coefficient (Wildman–Crippen LogP) is 5.56. The van der Waals surface area contributed by atoms with Crippen LogP contribution in [0.25, 0.3) is 11.0 Å². The summed E-state index contributed by atoms with van der Waals surface area (Å²) in [4.78, 5) is 19.8. The number of para-hydroxylation sites is 2. The molecule has 5 nitrogen and oxygen atoms in total. The molecule has 1 aliphatic rings. The van der Waals surface area contributed by atoms with Gasteiger partial charge >= 0.3 is 0 Å². The van der Waals surface area contributed by atoms with Gasteiger partial charge in [-0.05, 0) is 67.8 Å². The van der Waals surface area contributed by atoms with Crippen LogP contribution in [0.3, 0.4) is 0 Å². The average Bonchev–Trinajstić information content (AvgIpc) is 3.37. The summed E-state index contributed by atoms with van der Waals surface area (Å²) in [5, 5.41) is 0. The van der Waals surface area contributed by atoms with Gasteiger partial charge in [0.05, 0.1) is 17.6 Å². The predicted molar refractivity (Wildman–Crippen MR) is 132 cm³/mol. The molecule has 1 atom stereocenters. The maximum atomic E-state index is 12.9. The quantitative estimate of drug-likeness (QED) is 0.395. The van der Waals surface area contributed by atoms with Crippen LogP contribution in [0.4, 0.5) is 5.69 Å². The monoisotopic (exact) mass is 439 g/mol. The van der Waals surface area contributed by atoms with Crippen LogP contribution in [-0.4, -0.2) is 28.6 Å². The molecule has 2 heterocycles. The molecule has 3 aromatic carbocycles. The van der Waals surface area contributed by atoms with Crippen molar-refractivity contribution in [3.05, 3.63) is 89.2 Å². The summed E-state index contributed by atoms with van der Waals surface area (Å²) in [6.07, 6.45) is 0.467. The van der Waals surface area contributed by atoms with E-state index in [0.717, 1.165) is 39.4 Å². The SMILES string of the molecule is Cc1cccc(N2C[C@@H](c3nc4ccccc4n3CCOc3cc(C)ccc3C)CC2=O)c1. The first-order valence-corrected chi connectivity index (χ1v) is 11.5. The molecule has 1 amide bonds. The Morgan fingerprint density at radius 3 is 2.64 bits per heavy atom. The summed E-state index contributed by atoms with van der Waals surface area (Å²) in [6.45, 7) is 8.06. The van der Waals surface area contributed by atoms with E-state index < -0.39 is 0 Å². The number of hydrogen-bond donors (Lipinski definition) is 0. The third-order valence-corrected chi connectivity index (χ3v) is 6.40. The number of carbonyl (C=O) groups excluding carboxylic acids is 1. The standard InChI is InChI=1S/C28H29N3O2/c1-19-7-6-8-23(15-19)31-18-22(17-27(31)32)28-29-24-9-4-5-10-25(24)30(28)13-14-33-26-16-20(2)11-12-21(26)3/h4-12,15-16,22H,13-14,17-18H2,1-3H3/t22-/m0/s1. The Bertz CT molecular complexity index is 1320. The van der Waals surface area contributed by atoms with Crippen molar-refractivity contribution in [2.75, 3.05) is 18.1 Å². The van der Waals surface area contributed by atoms with Crippen molar-refractivity contribution in [3.8, 4) is 5.75 Å². The Morgan fingerprint density at radius 1 is 0.970 bits per heavy atom. The number of anilines is 1. The van der Waals surface area contributed by atoms with Crippen molar-refractivity contribution >= 4 is 22.6 Å². The van der Waals surface area contributed by atoms with Crippen molar-refractivity contribution in [1.29, 1.82) is 0 Å². The minimum absolute atomic E-state index is 0.0473. The number of imidazole rings is 1. The number of aryl methyl sites for hydroxylation is 3. The molecular weight excluding hydrogens is 410 g/mol. The maximum Gasteiger partial charge on any atom is 0.227 e. The van der Waals surface area contributed by atoms with Crippen LogP contribution in [0.15, 0.2) is 66.7 Å². The van der Waals surface area contributed by atoms with E-state index in [4.69, 9.17) is 9.72 Å². The van der Waals surface area contributed by atoms with Crippen molar-refractivity contribution in [2.24, 2.45) is 0 Å². The van der Waals surface area contributed by atoms with E-state index in [2.05, 4.69) is 61.7 Å². The van der Waals surface area contributed by atoms with Crippen molar-refractivity contribution < 1.29 is 9.53 Å². The van der Waals surface area contributed by atoms with Gasteiger partial charge in [-0.2, -0.15) is 0 Å². The number of rotatable bonds is 6.